The molecular weight excluding hydrogens is 724 g/mol. The number of nitrogens with two attached hydrogens (primary N) is 1. The lowest BCUT2D eigenvalue weighted by molar-refractivity contribution is -0.00682. The summed E-state index contributed by atoms with van der Waals surface area (Å²) in [6.45, 7) is 2.18. The maximum atomic E-state index is 17.1. The maximum Gasteiger partial charge on any atom is 0.346 e. The molecule has 0 saturated carbocycles. The van der Waals surface area contributed by atoms with Gasteiger partial charge in [0, 0.05) is 36.0 Å². The maximum absolute atomic E-state index is 17.1. The first kappa shape index (κ1) is 34.3. The Hall–Kier alpha value is -4.79. The number of thiophene rings is 1. The molecule has 0 aliphatic carbocycles. The molecule has 0 bridgehead atoms. The van der Waals surface area contributed by atoms with Gasteiger partial charge in [-0.1, -0.05) is 24.6 Å². The topological polar surface area (TPSA) is 142 Å². The average molecular weight is 755 g/mol. The van der Waals surface area contributed by atoms with Gasteiger partial charge in [-0.3, -0.25) is 4.90 Å². The summed E-state index contributed by atoms with van der Waals surface area (Å²) in [6, 6.07) is 4.79. The fraction of sp³-hybridized carbons (Fsp3) is 0.412. The highest BCUT2D eigenvalue weighted by Gasteiger charge is 2.48. The molecule has 12 nitrogen and oxygen atoms in total. The number of fused-ring (bicyclic) bond motifs is 3. The summed E-state index contributed by atoms with van der Waals surface area (Å²) < 4.78 is 70.5. The van der Waals surface area contributed by atoms with E-state index >= 15 is 13.2 Å². The fourth-order valence-corrected chi connectivity index (χ4v) is 9.29. The summed E-state index contributed by atoms with van der Waals surface area (Å²) in [5.41, 5.74) is 5.42. The highest BCUT2D eigenvalue weighted by Crippen LogP contribution is 2.46. The third-order valence-corrected chi connectivity index (χ3v) is 11.5. The highest BCUT2D eigenvalue weighted by molar-refractivity contribution is 7.23. The van der Waals surface area contributed by atoms with Crippen LogP contribution in [-0.4, -0.2) is 97.9 Å². The first-order chi connectivity index (χ1) is 24.9. The summed E-state index contributed by atoms with van der Waals surface area (Å²) in [5.74, 6) is -4.64. The first-order valence-electron chi connectivity index (χ1n) is 16.6. The Bertz CT molecular complexity index is 2280. The smallest absolute Gasteiger partial charge is 0.346 e. The minimum absolute atomic E-state index is 0.0179. The van der Waals surface area contributed by atoms with Crippen LogP contribution in [0.1, 0.15) is 31.7 Å². The minimum atomic E-state index is -3.43. The van der Waals surface area contributed by atoms with E-state index < -0.39 is 36.7 Å². The van der Waals surface area contributed by atoms with Gasteiger partial charge in [0.05, 0.1) is 33.9 Å². The number of nitrogen functional groups attached to an aromatic ring is 1. The van der Waals surface area contributed by atoms with Crippen molar-refractivity contribution >= 4 is 60.8 Å². The van der Waals surface area contributed by atoms with E-state index in [4.69, 9.17) is 22.1 Å². The molecule has 0 unspecified atom stereocenters. The van der Waals surface area contributed by atoms with Crippen molar-refractivity contribution in [3.05, 3.63) is 53.1 Å². The lowest BCUT2D eigenvalue weighted by Gasteiger charge is -2.31. The Kier molecular flexibility index (Phi) is 8.38. The van der Waals surface area contributed by atoms with E-state index in [0.29, 0.717) is 5.92 Å². The zero-order valence-corrected chi connectivity index (χ0v) is 29.3. The second-order valence-electron chi connectivity index (χ2n) is 13.7. The second-order valence-corrected chi connectivity index (χ2v) is 15.2. The molecule has 3 aliphatic heterocycles. The molecule has 5 aromatic rings. The number of rotatable bonds is 5. The van der Waals surface area contributed by atoms with Crippen LogP contribution < -0.4 is 15.4 Å². The van der Waals surface area contributed by atoms with Gasteiger partial charge in [0.2, 0.25) is 0 Å². The summed E-state index contributed by atoms with van der Waals surface area (Å²) >= 11 is 7.65. The van der Waals surface area contributed by atoms with Crippen LogP contribution in [0.25, 0.3) is 32.1 Å². The highest BCUT2D eigenvalue weighted by atomic mass is 35.5. The molecule has 52 heavy (non-hydrogen) atoms. The number of anilines is 2. The van der Waals surface area contributed by atoms with Crippen molar-refractivity contribution in [2.75, 3.05) is 56.5 Å². The number of benzene rings is 2. The number of carbonyl (C=O) groups excluding carboxylic acids is 1. The van der Waals surface area contributed by atoms with Crippen LogP contribution in [0.5, 0.6) is 6.01 Å². The van der Waals surface area contributed by atoms with Crippen molar-refractivity contribution in [1.82, 2.24) is 34.5 Å². The molecule has 3 aliphatic rings. The third kappa shape index (κ3) is 5.73. The minimum Gasteiger partial charge on any atom is -0.461 e. The Morgan fingerprint density at radius 2 is 2.04 bits per heavy atom. The average Bonchev–Trinajstić information content (AvgIpc) is 3.88. The molecule has 0 radical (unpaired) electrons. The van der Waals surface area contributed by atoms with Gasteiger partial charge in [-0.25, -0.2) is 27.3 Å². The Balaban J connectivity index is 1.26. The Morgan fingerprint density at radius 1 is 1.21 bits per heavy atom. The zero-order valence-electron chi connectivity index (χ0n) is 27.8. The second kappa shape index (κ2) is 12.7. The van der Waals surface area contributed by atoms with E-state index in [-0.39, 0.29) is 84.8 Å². The standard InChI is InChI=1S/C34H31ClF4N10O2S/c1-18-10-33(5-2-6-48(33)12-18)15-51-31-44-27-20(30(45-31)46-7-8-47(14-34(38,39)13-46)32(50)49-17-42-16-43-49)9-22(35)25(26(27)37)19-3-4-23(36)28-24(19)21(11-40)29(41)52-28/h3-4,9,16-18H,2,5-8,10,12-15,41H2,1H3/t18-,33+/m1/s1. The van der Waals surface area contributed by atoms with Crippen molar-refractivity contribution in [2.24, 2.45) is 5.92 Å². The zero-order chi connectivity index (χ0) is 36.5. The van der Waals surface area contributed by atoms with Crippen LogP contribution in [0.4, 0.5) is 33.2 Å². The van der Waals surface area contributed by atoms with Crippen molar-refractivity contribution in [3.8, 4) is 23.2 Å². The molecule has 2 N–H and O–H groups in total. The number of hydrogen-bond donors (Lipinski definition) is 1. The quantitative estimate of drug-likeness (QED) is 0.207. The van der Waals surface area contributed by atoms with E-state index in [1.54, 1.807) is 0 Å². The Morgan fingerprint density at radius 3 is 2.81 bits per heavy atom. The van der Waals surface area contributed by atoms with E-state index in [9.17, 15) is 14.4 Å². The normalized spacial score (nSPS) is 21.8. The summed E-state index contributed by atoms with van der Waals surface area (Å²) in [5, 5.41) is 13.7. The largest absolute Gasteiger partial charge is 0.461 e. The van der Waals surface area contributed by atoms with Gasteiger partial charge in [0.15, 0.2) is 5.82 Å². The number of nitrogens with zero attached hydrogens (tertiary/aromatic N) is 9. The van der Waals surface area contributed by atoms with E-state index in [1.807, 2.05) is 6.07 Å². The summed E-state index contributed by atoms with van der Waals surface area (Å²) in [7, 11) is 0. The van der Waals surface area contributed by atoms with Crippen LogP contribution in [-0.2, 0) is 0 Å². The number of amides is 1. The molecule has 3 saturated heterocycles. The van der Waals surface area contributed by atoms with Crippen molar-refractivity contribution < 1.29 is 27.1 Å². The summed E-state index contributed by atoms with van der Waals surface area (Å²) in [6.07, 6.45) is 5.03. The number of ether oxygens (including phenoxy) is 1. The molecule has 3 fully saturated rings. The van der Waals surface area contributed by atoms with E-state index in [1.165, 1.54) is 17.0 Å². The number of nitriles is 1. The SMILES string of the molecule is C[C@H]1CN2CCC[C@@]2(COc2nc(N3CCN(C(=O)n4cncn4)CC(F)(F)C3)c3cc(Cl)c(-c4ccc(F)c5sc(N)c(C#N)c45)c(F)c3n2)C1. The molecular formula is C34H31ClF4N10O2S. The van der Waals surface area contributed by atoms with Crippen LogP contribution in [0, 0.1) is 28.9 Å². The van der Waals surface area contributed by atoms with Crippen LogP contribution in [0.3, 0.4) is 0 Å². The lowest BCUT2D eigenvalue weighted by atomic mass is 9.92. The molecule has 8 rings (SSSR count). The van der Waals surface area contributed by atoms with Crippen LogP contribution >= 0.6 is 22.9 Å². The van der Waals surface area contributed by atoms with Gasteiger partial charge < -0.3 is 20.3 Å². The van der Waals surface area contributed by atoms with Crippen molar-refractivity contribution in [2.45, 2.75) is 37.6 Å². The molecule has 1 amide bonds. The van der Waals surface area contributed by atoms with E-state index in [0.717, 1.165) is 72.0 Å². The third-order valence-electron chi connectivity index (χ3n) is 10.2. The molecule has 270 valence electrons. The predicted molar refractivity (Wildman–Crippen MR) is 187 cm³/mol. The predicted octanol–water partition coefficient (Wildman–Crippen LogP) is 6.17. The molecule has 18 heteroatoms. The Labute approximate surface area is 303 Å². The van der Waals surface area contributed by atoms with Crippen molar-refractivity contribution in [3.63, 3.8) is 0 Å². The van der Waals surface area contributed by atoms with Gasteiger partial charge in [-0.15, -0.1) is 11.3 Å². The number of halogens is 5. The number of aromatic nitrogens is 5. The monoisotopic (exact) mass is 754 g/mol. The molecule has 2 atom stereocenters. The molecule has 0 spiro atoms. The van der Waals surface area contributed by atoms with Crippen LogP contribution in [0.15, 0.2) is 30.9 Å². The lowest BCUT2D eigenvalue weighted by Crippen LogP contribution is -2.44. The molecule has 2 aromatic carbocycles. The van der Waals surface area contributed by atoms with Gasteiger partial charge in [0.1, 0.15) is 47.5 Å². The number of hydrogen-bond acceptors (Lipinski definition) is 11. The van der Waals surface area contributed by atoms with Gasteiger partial charge in [0.25, 0.3) is 5.92 Å². The fourth-order valence-electron chi connectivity index (χ4n) is 8.05. The van der Waals surface area contributed by atoms with Gasteiger partial charge in [-0.05, 0) is 49.4 Å². The first-order valence-corrected chi connectivity index (χ1v) is 17.8. The van der Waals surface area contributed by atoms with Gasteiger partial charge in [-0.2, -0.15) is 25.0 Å². The number of carbonyl (C=O) groups is 1. The van der Waals surface area contributed by atoms with E-state index in [2.05, 4.69) is 31.9 Å². The molecule has 6 heterocycles. The van der Waals surface area contributed by atoms with Crippen LogP contribution in [0.2, 0.25) is 5.02 Å². The molecule has 3 aromatic heterocycles. The summed E-state index contributed by atoms with van der Waals surface area (Å²) in [4.78, 5) is 30.5. The van der Waals surface area contributed by atoms with Gasteiger partial charge >= 0.3 is 12.0 Å². The number of alkyl halides is 2. The van der Waals surface area contributed by atoms with Crippen molar-refractivity contribution in [1.29, 1.82) is 5.26 Å².